The van der Waals surface area contributed by atoms with Gasteiger partial charge in [0, 0.05) is 25.2 Å². The van der Waals surface area contributed by atoms with Crippen molar-refractivity contribution < 1.29 is 15.0 Å². The highest BCUT2D eigenvalue weighted by atomic mass is 16.3. The van der Waals surface area contributed by atoms with Gasteiger partial charge in [0.15, 0.2) is 0 Å². The second kappa shape index (κ2) is 8.27. The van der Waals surface area contributed by atoms with Gasteiger partial charge < -0.3 is 15.5 Å². The third kappa shape index (κ3) is 4.53. The van der Waals surface area contributed by atoms with E-state index < -0.39 is 11.8 Å². The van der Waals surface area contributed by atoms with E-state index in [9.17, 15) is 15.0 Å². The molecule has 2 heterocycles. The van der Waals surface area contributed by atoms with Crippen LogP contribution in [-0.2, 0) is 23.2 Å². The van der Waals surface area contributed by atoms with Crippen LogP contribution in [0.25, 0.3) is 0 Å². The van der Waals surface area contributed by atoms with Crippen LogP contribution in [0.2, 0.25) is 0 Å². The SMILES string of the molecule is Cc1ccc(C2(O)CCN(C(O)CCc3ccc4c(c3)CCC(=O)N4)CC2)cc1. The zero-order chi connectivity index (χ0) is 20.4. The van der Waals surface area contributed by atoms with Gasteiger partial charge in [-0.05, 0) is 61.8 Å². The van der Waals surface area contributed by atoms with Crippen LogP contribution in [0.5, 0.6) is 0 Å². The van der Waals surface area contributed by atoms with E-state index in [0.29, 0.717) is 38.8 Å². The monoisotopic (exact) mass is 394 g/mol. The number of amides is 1. The molecular formula is C24H30N2O3. The molecule has 0 aromatic heterocycles. The molecule has 1 amide bonds. The van der Waals surface area contributed by atoms with Gasteiger partial charge in [0.2, 0.25) is 5.91 Å². The van der Waals surface area contributed by atoms with Crippen molar-refractivity contribution in [3.63, 3.8) is 0 Å². The first-order chi connectivity index (χ1) is 13.9. The van der Waals surface area contributed by atoms with Crippen LogP contribution >= 0.6 is 0 Å². The number of aliphatic hydroxyl groups is 2. The van der Waals surface area contributed by atoms with Gasteiger partial charge in [-0.2, -0.15) is 0 Å². The highest BCUT2D eigenvalue weighted by molar-refractivity contribution is 5.93. The van der Waals surface area contributed by atoms with Crippen molar-refractivity contribution in [1.29, 1.82) is 0 Å². The van der Waals surface area contributed by atoms with Crippen molar-refractivity contribution in [3.8, 4) is 0 Å². The first-order valence-electron chi connectivity index (χ1n) is 10.6. The molecule has 1 fully saturated rings. The number of benzene rings is 2. The Kier molecular flexibility index (Phi) is 5.72. The zero-order valence-electron chi connectivity index (χ0n) is 17.0. The fourth-order valence-electron chi connectivity index (χ4n) is 4.42. The number of carbonyl (C=O) groups is 1. The maximum atomic E-state index is 11.5. The van der Waals surface area contributed by atoms with E-state index >= 15 is 0 Å². The fourth-order valence-corrected chi connectivity index (χ4v) is 4.42. The minimum Gasteiger partial charge on any atom is -0.385 e. The van der Waals surface area contributed by atoms with Gasteiger partial charge in [-0.15, -0.1) is 0 Å². The molecule has 0 spiro atoms. The van der Waals surface area contributed by atoms with Gasteiger partial charge in [-0.25, -0.2) is 0 Å². The van der Waals surface area contributed by atoms with E-state index in [4.69, 9.17) is 0 Å². The Balaban J connectivity index is 1.30. The number of likely N-dealkylation sites (tertiary alicyclic amines) is 1. The van der Waals surface area contributed by atoms with Gasteiger partial charge in [0.1, 0.15) is 6.23 Å². The van der Waals surface area contributed by atoms with Gasteiger partial charge >= 0.3 is 0 Å². The Labute approximate surface area is 172 Å². The van der Waals surface area contributed by atoms with Crippen LogP contribution in [0.1, 0.15) is 47.9 Å². The number of carbonyl (C=O) groups excluding carboxylic acids is 1. The number of aryl methyl sites for hydroxylation is 3. The third-order valence-electron chi connectivity index (χ3n) is 6.39. The van der Waals surface area contributed by atoms with Gasteiger partial charge in [0.05, 0.1) is 5.60 Å². The average Bonchev–Trinajstić information content (AvgIpc) is 2.73. The number of hydrogen-bond acceptors (Lipinski definition) is 4. The molecule has 5 nitrogen and oxygen atoms in total. The molecule has 1 saturated heterocycles. The molecule has 2 aromatic carbocycles. The Morgan fingerprint density at radius 1 is 1.10 bits per heavy atom. The fraction of sp³-hybridized carbons (Fsp3) is 0.458. The van der Waals surface area contributed by atoms with E-state index in [1.165, 1.54) is 16.7 Å². The van der Waals surface area contributed by atoms with E-state index in [-0.39, 0.29) is 5.91 Å². The second-order valence-corrected chi connectivity index (χ2v) is 8.49. The predicted octanol–water partition coefficient (Wildman–Crippen LogP) is 3.11. The molecule has 2 aromatic rings. The van der Waals surface area contributed by atoms with Crippen molar-refractivity contribution in [2.75, 3.05) is 18.4 Å². The summed E-state index contributed by atoms with van der Waals surface area (Å²) < 4.78 is 0. The first-order valence-corrected chi connectivity index (χ1v) is 10.6. The summed E-state index contributed by atoms with van der Waals surface area (Å²) in [5, 5.41) is 24.6. The maximum Gasteiger partial charge on any atom is 0.224 e. The summed E-state index contributed by atoms with van der Waals surface area (Å²) in [6.45, 7) is 3.41. The van der Waals surface area contributed by atoms with E-state index in [2.05, 4.69) is 16.3 Å². The number of nitrogens with zero attached hydrogens (tertiary/aromatic N) is 1. The largest absolute Gasteiger partial charge is 0.385 e. The molecule has 154 valence electrons. The third-order valence-corrected chi connectivity index (χ3v) is 6.39. The van der Waals surface area contributed by atoms with Crippen LogP contribution in [0.3, 0.4) is 0 Å². The molecule has 5 heteroatoms. The quantitative estimate of drug-likeness (QED) is 0.729. The highest BCUT2D eigenvalue weighted by Gasteiger charge is 2.35. The summed E-state index contributed by atoms with van der Waals surface area (Å²) in [4.78, 5) is 13.6. The van der Waals surface area contributed by atoms with Crippen molar-refractivity contribution >= 4 is 11.6 Å². The predicted molar refractivity (Wildman–Crippen MR) is 114 cm³/mol. The lowest BCUT2D eigenvalue weighted by molar-refractivity contribution is -0.116. The van der Waals surface area contributed by atoms with E-state index in [0.717, 1.165) is 24.1 Å². The number of anilines is 1. The summed E-state index contributed by atoms with van der Waals surface area (Å²) in [7, 11) is 0. The topological polar surface area (TPSA) is 72.8 Å². The van der Waals surface area contributed by atoms with Crippen molar-refractivity contribution in [3.05, 3.63) is 64.7 Å². The maximum absolute atomic E-state index is 11.5. The Morgan fingerprint density at radius 3 is 2.55 bits per heavy atom. The number of piperidine rings is 1. The lowest BCUT2D eigenvalue weighted by Crippen LogP contribution is -2.47. The number of fused-ring (bicyclic) bond motifs is 1. The van der Waals surface area contributed by atoms with Crippen LogP contribution in [0.4, 0.5) is 5.69 Å². The number of rotatable bonds is 5. The second-order valence-electron chi connectivity index (χ2n) is 8.49. The number of hydrogen-bond donors (Lipinski definition) is 3. The smallest absolute Gasteiger partial charge is 0.224 e. The summed E-state index contributed by atoms with van der Waals surface area (Å²) >= 11 is 0. The molecule has 4 rings (SSSR count). The molecular weight excluding hydrogens is 364 g/mol. The molecule has 0 aliphatic carbocycles. The van der Waals surface area contributed by atoms with Crippen molar-refractivity contribution in [2.45, 2.75) is 57.3 Å². The minimum absolute atomic E-state index is 0.0800. The summed E-state index contributed by atoms with van der Waals surface area (Å²) in [5.41, 5.74) is 4.64. The summed E-state index contributed by atoms with van der Waals surface area (Å²) in [6, 6.07) is 14.3. The number of nitrogens with one attached hydrogen (secondary N) is 1. The zero-order valence-corrected chi connectivity index (χ0v) is 17.0. The van der Waals surface area contributed by atoms with Crippen molar-refractivity contribution in [1.82, 2.24) is 4.90 Å². The Morgan fingerprint density at radius 2 is 1.83 bits per heavy atom. The molecule has 3 N–H and O–H groups in total. The van der Waals surface area contributed by atoms with Gasteiger partial charge in [-0.3, -0.25) is 9.69 Å². The molecule has 2 aliphatic rings. The number of aliphatic hydroxyl groups excluding tert-OH is 1. The highest BCUT2D eigenvalue weighted by Crippen LogP contribution is 2.34. The Bertz CT molecular complexity index is 870. The molecule has 0 radical (unpaired) electrons. The summed E-state index contributed by atoms with van der Waals surface area (Å²) in [6.07, 6.45) is 3.53. The van der Waals surface area contributed by atoms with E-state index in [1.54, 1.807) is 0 Å². The molecule has 0 bridgehead atoms. The lowest BCUT2D eigenvalue weighted by Gasteiger charge is -2.40. The van der Waals surface area contributed by atoms with Crippen LogP contribution < -0.4 is 5.32 Å². The van der Waals surface area contributed by atoms with Gasteiger partial charge in [-0.1, -0.05) is 42.0 Å². The molecule has 1 unspecified atom stereocenters. The van der Waals surface area contributed by atoms with Gasteiger partial charge in [0.25, 0.3) is 0 Å². The van der Waals surface area contributed by atoms with Crippen LogP contribution in [0.15, 0.2) is 42.5 Å². The first kappa shape index (κ1) is 20.1. The molecule has 2 aliphatic heterocycles. The van der Waals surface area contributed by atoms with Crippen LogP contribution in [-0.4, -0.2) is 40.3 Å². The molecule has 0 saturated carbocycles. The Hall–Kier alpha value is -2.21. The molecule has 1 atom stereocenters. The minimum atomic E-state index is -0.799. The average molecular weight is 395 g/mol. The molecule has 29 heavy (non-hydrogen) atoms. The lowest BCUT2D eigenvalue weighted by atomic mass is 9.84. The summed E-state index contributed by atoms with van der Waals surface area (Å²) in [5.74, 6) is 0.0800. The van der Waals surface area contributed by atoms with Crippen LogP contribution in [0, 0.1) is 6.92 Å². The normalized spacial score (nSPS) is 20.0. The standard InChI is InChI=1S/C24H30N2O3/c1-17-2-7-20(8-3-17)24(29)12-14-26(15-13-24)23(28)11-5-18-4-9-21-19(16-18)6-10-22(27)25-21/h2-4,7-9,16,23,28-29H,5-6,10-15H2,1H3,(H,25,27). The van der Waals surface area contributed by atoms with Crippen molar-refractivity contribution in [2.24, 2.45) is 0 Å². The van der Waals surface area contributed by atoms with E-state index in [1.807, 2.05) is 43.3 Å².